The molecule has 4 rings (SSSR count). The Morgan fingerprint density at radius 2 is 1.50 bits per heavy atom. The number of carbonyl (C=O) groups excluding carboxylic acids is 1. The van der Waals surface area contributed by atoms with Crippen LogP contribution in [0.3, 0.4) is 0 Å². The zero-order valence-corrected chi connectivity index (χ0v) is 20.0. The quantitative estimate of drug-likeness (QED) is 0.379. The molecule has 0 radical (unpaired) electrons. The highest BCUT2D eigenvalue weighted by Gasteiger charge is 2.24. The van der Waals surface area contributed by atoms with Crippen LogP contribution >= 0.6 is 0 Å². The molecule has 0 saturated heterocycles. The molecule has 3 aromatic carbocycles. The van der Waals surface area contributed by atoms with Gasteiger partial charge in [-0.1, -0.05) is 84.9 Å². The molecule has 36 heavy (non-hydrogen) atoms. The lowest BCUT2D eigenvalue weighted by molar-refractivity contribution is -0.118. The third-order valence-electron chi connectivity index (χ3n) is 5.90. The number of nitrogens with zero attached hydrogens (tertiary/aromatic N) is 2. The van der Waals surface area contributed by atoms with E-state index < -0.39 is 11.2 Å². The average Bonchev–Trinajstić information content (AvgIpc) is 2.89. The standard InChI is InChI=1S/C28H28N4O4/c1-36-17-16-31-26(29)25(27(34)30-28(31)35)32(19-21-8-4-2-5-9-21)24(33)18-20-12-14-23(15-13-20)22-10-6-3-7-11-22/h2-15H,16-19,29H2,1H3,(H,30,34,35). The molecule has 0 unspecified atom stereocenters. The lowest BCUT2D eigenvalue weighted by Crippen LogP contribution is -2.41. The van der Waals surface area contributed by atoms with Crippen molar-refractivity contribution in [1.29, 1.82) is 0 Å². The van der Waals surface area contributed by atoms with E-state index in [4.69, 9.17) is 10.5 Å². The molecule has 8 nitrogen and oxygen atoms in total. The molecule has 0 bridgehead atoms. The minimum Gasteiger partial charge on any atom is -0.383 e. The number of rotatable bonds is 9. The van der Waals surface area contributed by atoms with Crippen LogP contribution in [0.2, 0.25) is 0 Å². The second-order valence-electron chi connectivity index (χ2n) is 8.34. The van der Waals surface area contributed by atoms with E-state index in [0.717, 1.165) is 22.3 Å². The minimum absolute atomic E-state index is 0.0536. The zero-order chi connectivity index (χ0) is 25.5. The molecule has 0 aliphatic heterocycles. The van der Waals surface area contributed by atoms with E-state index in [1.54, 1.807) is 0 Å². The monoisotopic (exact) mass is 484 g/mol. The number of ether oxygens (including phenoxy) is 1. The number of H-pyrrole nitrogens is 1. The number of nitrogens with one attached hydrogen (secondary N) is 1. The van der Waals surface area contributed by atoms with Gasteiger partial charge in [-0.05, 0) is 22.3 Å². The first-order chi connectivity index (χ1) is 17.5. The van der Waals surface area contributed by atoms with Crippen LogP contribution in [0.1, 0.15) is 11.1 Å². The first kappa shape index (κ1) is 24.7. The Hall–Kier alpha value is -4.43. The first-order valence-corrected chi connectivity index (χ1v) is 11.6. The van der Waals surface area contributed by atoms with Crippen LogP contribution in [0.5, 0.6) is 0 Å². The highest BCUT2D eigenvalue weighted by molar-refractivity contribution is 5.96. The number of carbonyl (C=O) groups is 1. The molecular formula is C28H28N4O4. The van der Waals surface area contributed by atoms with Gasteiger partial charge in [0, 0.05) is 7.11 Å². The number of hydrogen-bond donors (Lipinski definition) is 2. The highest BCUT2D eigenvalue weighted by Crippen LogP contribution is 2.23. The van der Waals surface area contributed by atoms with E-state index in [-0.39, 0.29) is 43.5 Å². The summed E-state index contributed by atoms with van der Waals surface area (Å²) >= 11 is 0. The maximum Gasteiger partial charge on any atom is 0.330 e. The smallest absolute Gasteiger partial charge is 0.330 e. The van der Waals surface area contributed by atoms with Crippen molar-refractivity contribution in [2.24, 2.45) is 0 Å². The Morgan fingerprint density at radius 1 is 0.889 bits per heavy atom. The first-order valence-electron chi connectivity index (χ1n) is 11.6. The number of methoxy groups -OCH3 is 1. The Kier molecular flexibility index (Phi) is 7.77. The Morgan fingerprint density at radius 3 is 2.14 bits per heavy atom. The number of nitrogens with two attached hydrogens (primary N) is 1. The predicted molar refractivity (Wildman–Crippen MR) is 141 cm³/mol. The van der Waals surface area contributed by atoms with Crippen LogP contribution in [0.4, 0.5) is 11.5 Å². The Labute approximate surface area is 208 Å². The summed E-state index contributed by atoms with van der Waals surface area (Å²) in [7, 11) is 1.50. The van der Waals surface area contributed by atoms with Gasteiger partial charge in [0.2, 0.25) is 5.91 Å². The van der Waals surface area contributed by atoms with Gasteiger partial charge in [-0.2, -0.15) is 0 Å². The van der Waals surface area contributed by atoms with Gasteiger partial charge in [-0.3, -0.25) is 24.0 Å². The fourth-order valence-corrected chi connectivity index (χ4v) is 4.02. The minimum atomic E-state index is -0.713. The van der Waals surface area contributed by atoms with Gasteiger partial charge in [0.1, 0.15) is 5.82 Å². The molecule has 0 atom stereocenters. The van der Waals surface area contributed by atoms with Crippen molar-refractivity contribution in [3.05, 3.63) is 117 Å². The molecular weight excluding hydrogens is 456 g/mol. The number of hydrogen-bond acceptors (Lipinski definition) is 5. The van der Waals surface area contributed by atoms with Gasteiger partial charge in [0.15, 0.2) is 5.69 Å². The predicted octanol–water partition coefficient (Wildman–Crippen LogP) is 3.21. The summed E-state index contributed by atoms with van der Waals surface area (Å²) < 4.78 is 6.27. The molecule has 0 aliphatic rings. The molecule has 0 saturated carbocycles. The maximum absolute atomic E-state index is 13.6. The Balaban J connectivity index is 1.68. The van der Waals surface area contributed by atoms with Crippen molar-refractivity contribution in [3.8, 4) is 11.1 Å². The van der Waals surface area contributed by atoms with E-state index in [2.05, 4.69) is 4.98 Å². The van der Waals surface area contributed by atoms with Gasteiger partial charge in [0.25, 0.3) is 5.56 Å². The van der Waals surface area contributed by atoms with Gasteiger partial charge >= 0.3 is 5.69 Å². The van der Waals surface area contributed by atoms with Crippen LogP contribution in [-0.4, -0.2) is 29.2 Å². The van der Waals surface area contributed by atoms with E-state index >= 15 is 0 Å². The van der Waals surface area contributed by atoms with E-state index in [9.17, 15) is 14.4 Å². The summed E-state index contributed by atoms with van der Waals surface area (Å²) in [6.07, 6.45) is 0.0536. The molecule has 1 aromatic heterocycles. The molecule has 184 valence electrons. The molecule has 3 N–H and O–H groups in total. The lowest BCUT2D eigenvalue weighted by Gasteiger charge is -2.25. The number of amides is 1. The van der Waals surface area contributed by atoms with E-state index in [1.807, 2.05) is 84.9 Å². The Bertz CT molecular complexity index is 1430. The SMILES string of the molecule is COCCn1c(N)c(N(Cc2ccccc2)C(=O)Cc2ccc(-c3ccccc3)cc2)c(=O)[nH]c1=O. The molecule has 0 fully saturated rings. The number of anilines is 2. The molecule has 1 amide bonds. The molecule has 4 aromatic rings. The second-order valence-corrected chi connectivity index (χ2v) is 8.34. The number of benzene rings is 3. The topological polar surface area (TPSA) is 110 Å². The normalized spacial score (nSPS) is 10.8. The zero-order valence-electron chi connectivity index (χ0n) is 20.0. The van der Waals surface area contributed by atoms with Crippen molar-refractivity contribution in [3.63, 3.8) is 0 Å². The largest absolute Gasteiger partial charge is 0.383 e. The van der Waals surface area contributed by atoms with Crippen molar-refractivity contribution >= 4 is 17.4 Å². The van der Waals surface area contributed by atoms with Gasteiger partial charge in [-0.25, -0.2) is 4.79 Å². The van der Waals surface area contributed by atoms with Crippen LogP contribution in [0, 0.1) is 0 Å². The summed E-state index contributed by atoms with van der Waals surface area (Å²) in [6, 6.07) is 27.0. The molecule has 8 heteroatoms. The summed E-state index contributed by atoms with van der Waals surface area (Å²) in [6.45, 7) is 0.479. The summed E-state index contributed by atoms with van der Waals surface area (Å²) in [5.74, 6) is -0.398. The number of aromatic nitrogens is 2. The van der Waals surface area contributed by atoms with Crippen LogP contribution in [-0.2, 0) is 29.0 Å². The number of aromatic amines is 1. The average molecular weight is 485 g/mol. The van der Waals surface area contributed by atoms with Crippen molar-refractivity contribution in [1.82, 2.24) is 9.55 Å². The lowest BCUT2D eigenvalue weighted by atomic mass is 10.0. The van der Waals surface area contributed by atoms with Gasteiger partial charge in [0.05, 0.1) is 26.1 Å². The van der Waals surface area contributed by atoms with Crippen LogP contribution in [0.15, 0.2) is 94.5 Å². The van der Waals surface area contributed by atoms with Crippen molar-refractivity contribution < 1.29 is 9.53 Å². The van der Waals surface area contributed by atoms with Crippen molar-refractivity contribution in [2.75, 3.05) is 24.4 Å². The van der Waals surface area contributed by atoms with Crippen molar-refractivity contribution in [2.45, 2.75) is 19.5 Å². The highest BCUT2D eigenvalue weighted by atomic mass is 16.5. The third kappa shape index (κ3) is 5.61. The summed E-state index contributed by atoms with van der Waals surface area (Å²) in [5, 5.41) is 0. The second kappa shape index (κ2) is 11.3. The van der Waals surface area contributed by atoms with E-state index in [0.29, 0.717) is 0 Å². The molecule has 0 spiro atoms. The number of nitrogen functional groups attached to an aromatic ring is 1. The van der Waals surface area contributed by atoms with Gasteiger partial charge < -0.3 is 10.5 Å². The molecule has 0 aliphatic carbocycles. The van der Waals surface area contributed by atoms with Crippen LogP contribution in [0.25, 0.3) is 11.1 Å². The summed E-state index contributed by atoms with van der Waals surface area (Å²) in [4.78, 5) is 42.5. The molecule has 1 heterocycles. The third-order valence-corrected chi connectivity index (χ3v) is 5.90. The fraction of sp³-hybridized carbons (Fsp3) is 0.179. The maximum atomic E-state index is 13.6. The van der Waals surface area contributed by atoms with Crippen LogP contribution < -0.4 is 21.9 Å². The van der Waals surface area contributed by atoms with Gasteiger partial charge in [-0.15, -0.1) is 0 Å². The van der Waals surface area contributed by atoms with E-state index in [1.165, 1.54) is 16.6 Å². The summed E-state index contributed by atoms with van der Waals surface area (Å²) in [5.41, 5.74) is 8.60. The fourth-order valence-electron chi connectivity index (χ4n) is 4.02.